The van der Waals surface area contributed by atoms with E-state index in [4.69, 9.17) is 5.11 Å². The van der Waals surface area contributed by atoms with Crippen molar-refractivity contribution in [2.75, 3.05) is 19.6 Å². The van der Waals surface area contributed by atoms with Gasteiger partial charge >= 0.3 is 0 Å². The molecular formula is C12H14ClF3N2O2. The lowest BCUT2D eigenvalue weighted by Gasteiger charge is -2.32. The molecule has 1 amide bonds. The quantitative estimate of drug-likeness (QED) is 0.776. The minimum Gasteiger partial charge on any atom is -0.503 e. The molecule has 112 valence electrons. The van der Waals surface area contributed by atoms with Gasteiger partial charge in [-0.2, -0.15) is 4.39 Å². The van der Waals surface area contributed by atoms with Crippen LogP contribution in [-0.4, -0.2) is 41.6 Å². The molecule has 0 saturated carbocycles. The molecule has 2 N–H and O–H groups in total. The molecule has 1 aliphatic rings. The van der Waals surface area contributed by atoms with Gasteiger partial charge in [0.05, 0.1) is 5.56 Å². The van der Waals surface area contributed by atoms with Crippen LogP contribution in [0.15, 0.2) is 6.07 Å². The van der Waals surface area contributed by atoms with Crippen LogP contribution in [0, 0.1) is 17.5 Å². The van der Waals surface area contributed by atoms with E-state index in [0.717, 1.165) is 0 Å². The van der Waals surface area contributed by atoms with Gasteiger partial charge in [0.25, 0.3) is 5.91 Å². The number of phenols is 1. The number of phenolic OH excluding ortho intramolecular Hbond substituents is 1. The molecular weight excluding hydrogens is 297 g/mol. The SMILES string of the molecule is CC1CN(C(=O)c2cc(F)c(F)c(O)c2F)CCN1.Cl. The van der Waals surface area contributed by atoms with Gasteiger partial charge in [0, 0.05) is 25.7 Å². The van der Waals surface area contributed by atoms with Crippen molar-refractivity contribution in [2.24, 2.45) is 0 Å². The summed E-state index contributed by atoms with van der Waals surface area (Å²) < 4.78 is 39.7. The van der Waals surface area contributed by atoms with Crippen molar-refractivity contribution in [1.82, 2.24) is 10.2 Å². The second-order valence-corrected chi connectivity index (χ2v) is 4.49. The largest absolute Gasteiger partial charge is 0.503 e. The van der Waals surface area contributed by atoms with Crippen LogP contribution < -0.4 is 5.32 Å². The number of nitrogens with zero attached hydrogens (tertiary/aromatic N) is 1. The van der Waals surface area contributed by atoms with E-state index >= 15 is 0 Å². The van der Waals surface area contributed by atoms with Gasteiger partial charge in [-0.25, -0.2) is 8.78 Å². The maximum atomic E-state index is 13.6. The Bertz CT molecular complexity index is 528. The van der Waals surface area contributed by atoms with E-state index < -0.39 is 34.7 Å². The maximum Gasteiger partial charge on any atom is 0.257 e. The summed E-state index contributed by atoms with van der Waals surface area (Å²) in [5.41, 5.74) is -0.662. The van der Waals surface area contributed by atoms with Crippen LogP contribution in [0.4, 0.5) is 13.2 Å². The Morgan fingerprint density at radius 2 is 2.05 bits per heavy atom. The third-order valence-electron chi connectivity index (χ3n) is 3.02. The predicted molar refractivity (Wildman–Crippen MR) is 68.6 cm³/mol. The number of carbonyl (C=O) groups excluding carboxylic acids is 1. The van der Waals surface area contributed by atoms with Crippen molar-refractivity contribution >= 4 is 18.3 Å². The normalized spacial score (nSPS) is 18.6. The summed E-state index contributed by atoms with van der Waals surface area (Å²) in [7, 11) is 0. The fourth-order valence-corrected chi connectivity index (χ4v) is 2.03. The highest BCUT2D eigenvalue weighted by molar-refractivity contribution is 5.95. The van der Waals surface area contributed by atoms with Gasteiger partial charge in [0.1, 0.15) is 0 Å². The smallest absolute Gasteiger partial charge is 0.257 e. The zero-order chi connectivity index (χ0) is 14.2. The number of amides is 1. The van der Waals surface area contributed by atoms with Gasteiger partial charge in [0.15, 0.2) is 17.4 Å². The number of carbonyl (C=O) groups is 1. The number of hydrogen-bond donors (Lipinski definition) is 2. The molecule has 1 aliphatic heterocycles. The second-order valence-electron chi connectivity index (χ2n) is 4.49. The molecule has 1 heterocycles. The zero-order valence-electron chi connectivity index (χ0n) is 10.6. The molecule has 0 aromatic heterocycles. The van der Waals surface area contributed by atoms with Crippen molar-refractivity contribution in [1.29, 1.82) is 0 Å². The summed E-state index contributed by atoms with van der Waals surface area (Å²) >= 11 is 0. The minimum absolute atomic E-state index is 0. The number of aromatic hydroxyl groups is 1. The molecule has 0 bridgehead atoms. The van der Waals surface area contributed by atoms with E-state index in [1.165, 1.54) is 4.90 Å². The van der Waals surface area contributed by atoms with Crippen molar-refractivity contribution in [3.8, 4) is 5.75 Å². The van der Waals surface area contributed by atoms with Crippen LogP contribution in [0.2, 0.25) is 0 Å². The number of rotatable bonds is 1. The number of benzene rings is 1. The summed E-state index contributed by atoms with van der Waals surface area (Å²) in [6, 6.07) is 0.499. The Labute approximate surface area is 120 Å². The third kappa shape index (κ3) is 2.99. The Hall–Kier alpha value is -1.47. The fraction of sp³-hybridized carbons (Fsp3) is 0.417. The highest BCUT2D eigenvalue weighted by Gasteiger charge is 2.27. The standard InChI is InChI=1S/C12H13F3N2O2.ClH/c1-6-5-17(3-2-16-6)12(19)7-4-8(13)10(15)11(18)9(7)14;/h4,6,16,18H,2-3,5H2,1H3;1H. The molecule has 1 unspecified atom stereocenters. The first kappa shape index (κ1) is 16.6. The molecule has 1 aromatic carbocycles. The summed E-state index contributed by atoms with van der Waals surface area (Å²) in [6.45, 7) is 3.04. The van der Waals surface area contributed by atoms with Gasteiger partial charge in [0.2, 0.25) is 5.82 Å². The van der Waals surface area contributed by atoms with E-state index in [9.17, 15) is 18.0 Å². The molecule has 1 fully saturated rings. The van der Waals surface area contributed by atoms with Crippen molar-refractivity contribution in [2.45, 2.75) is 13.0 Å². The molecule has 2 rings (SSSR count). The Kier molecular flexibility index (Phi) is 5.24. The molecule has 1 saturated heterocycles. The Morgan fingerprint density at radius 3 is 2.65 bits per heavy atom. The average Bonchev–Trinajstić information content (AvgIpc) is 2.40. The lowest BCUT2D eigenvalue weighted by molar-refractivity contribution is 0.0702. The number of nitrogens with one attached hydrogen (secondary N) is 1. The zero-order valence-corrected chi connectivity index (χ0v) is 11.4. The highest BCUT2D eigenvalue weighted by atomic mass is 35.5. The van der Waals surface area contributed by atoms with Crippen LogP contribution in [0.5, 0.6) is 5.75 Å². The van der Waals surface area contributed by atoms with E-state index in [0.29, 0.717) is 25.7 Å². The molecule has 1 atom stereocenters. The topological polar surface area (TPSA) is 52.6 Å². The lowest BCUT2D eigenvalue weighted by Crippen LogP contribution is -2.51. The van der Waals surface area contributed by atoms with Crippen LogP contribution in [0.1, 0.15) is 17.3 Å². The van der Waals surface area contributed by atoms with Gasteiger partial charge in [-0.15, -0.1) is 12.4 Å². The van der Waals surface area contributed by atoms with E-state index in [1.54, 1.807) is 0 Å². The maximum absolute atomic E-state index is 13.6. The second kappa shape index (κ2) is 6.32. The summed E-state index contributed by atoms with van der Waals surface area (Å²) in [4.78, 5) is 13.4. The molecule has 0 radical (unpaired) electrons. The van der Waals surface area contributed by atoms with Gasteiger partial charge < -0.3 is 15.3 Å². The highest BCUT2D eigenvalue weighted by Crippen LogP contribution is 2.26. The summed E-state index contributed by atoms with van der Waals surface area (Å²) in [6.07, 6.45) is 0. The monoisotopic (exact) mass is 310 g/mol. The first-order valence-corrected chi connectivity index (χ1v) is 5.81. The van der Waals surface area contributed by atoms with Crippen LogP contribution in [-0.2, 0) is 0 Å². The molecule has 0 spiro atoms. The summed E-state index contributed by atoms with van der Waals surface area (Å²) in [5, 5.41) is 12.2. The van der Waals surface area contributed by atoms with Crippen molar-refractivity contribution in [3.63, 3.8) is 0 Å². The summed E-state index contributed by atoms with van der Waals surface area (Å²) in [5.74, 6) is -6.81. The van der Waals surface area contributed by atoms with E-state index in [1.807, 2.05) is 6.92 Å². The number of piperazine rings is 1. The van der Waals surface area contributed by atoms with Crippen LogP contribution >= 0.6 is 12.4 Å². The number of hydrogen-bond acceptors (Lipinski definition) is 3. The molecule has 8 heteroatoms. The molecule has 4 nitrogen and oxygen atoms in total. The Morgan fingerprint density at radius 1 is 1.40 bits per heavy atom. The molecule has 20 heavy (non-hydrogen) atoms. The third-order valence-corrected chi connectivity index (χ3v) is 3.02. The first-order chi connectivity index (χ1) is 8.91. The van der Waals surface area contributed by atoms with Crippen molar-refractivity contribution in [3.05, 3.63) is 29.1 Å². The van der Waals surface area contributed by atoms with Crippen LogP contribution in [0.3, 0.4) is 0 Å². The van der Waals surface area contributed by atoms with E-state index in [-0.39, 0.29) is 18.4 Å². The first-order valence-electron chi connectivity index (χ1n) is 5.81. The van der Waals surface area contributed by atoms with Crippen molar-refractivity contribution < 1.29 is 23.1 Å². The van der Waals surface area contributed by atoms with Gasteiger partial charge in [-0.3, -0.25) is 4.79 Å². The lowest BCUT2D eigenvalue weighted by atomic mass is 10.1. The Balaban J connectivity index is 0.00000200. The minimum atomic E-state index is -1.69. The average molecular weight is 311 g/mol. The fourth-order valence-electron chi connectivity index (χ4n) is 2.03. The molecule has 0 aliphatic carbocycles. The van der Waals surface area contributed by atoms with E-state index in [2.05, 4.69) is 5.32 Å². The van der Waals surface area contributed by atoms with Gasteiger partial charge in [-0.05, 0) is 13.0 Å². The van der Waals surface area contributed by atoms with Gasteiger partial charge in [-0.1, -0.05) is 0 Å². The predicted octanol–water partition coefficient (Wildman–Crippen LogP) is 1.67. The number of halogens is 4. The molecule has 1 aromatic rings. The van der Waals surface area contributed by atoms with Crippen LogP contribution in [0.25, 0.3) is 0 Å².